The van der Waals surface area contributed by atoms with Gasteiger partial charge >= 0.3 is 0 Å². The monoisotopic (exact) mass is 255 g/mol. The Morgan fingerprint density at radius 1 is 1.21 bits per heavy atom. The van der Waals surface area contributed by atoms with Gasteiger partial charge in [0.2, 0.25) is 5.91 Å². The molecule has 0 aliphatic rings. The van der Waals surface area contributed by atoms with Gasteiger partial charge < -0.3 is 5.32 Å². The highest BCUT2D eigenvalue weighted by atomic mass is 16.2. The third-order valence-corrected chi connectivity index (χ3v) is 3.11. The summed E-state index contributed by atoms with van der Waals surface area (Å²) < 4.78 is 0. The fraction of sp³-hybridized carbons (Fsp3) is 0.267. The predicted octanol–water partition coefficient (Wildman–Crippen LogP) is 2.07. The number of amides is 1. The third-order valence-electron chi connectivity index (χ3n) is 3.11. The van der Waals surface area contributed by atoms with Crippen LogP contribution in [0.2, 0.25) is 0 Å². The molecule has 1 amide bonds. The molecule has 98 valence electrons. The Labute approximate surface area is 112 Å². The van der Waals surface area contributed by atoms with Gasteiger partial charge in [0.05, 0.1) is 23.9 Å². The molecule has 0 spiro atoms. The van der Waals surface area contributed by atoms with Crippen molar-refractivity contribution in [1.82, 2.24) is 15.3 Å². The molecule has 1 heterocycles. The first-order valence-electron chi connectivity index (χ1n) is 6.19. The lowest BCUT2D eigenvalue weighted by Gasteiger charge is -2.24. The molecule has 19 heavy (non-hydrogen) atoms. The molecule has 0 unspecified atom stereocenters. The fourth-order valence-electron chi connectivity index (χ4n) is 1.80. The van der Waals surface area contributed by atoms with Crippen molar-refractivity contribution in [2.45, 2.75) is 25.8 Å². The molecular formula is C15H17N3O. The summed E-state index contributed by atoms with van der Waals surface area (Å²) >= 11 is 0. The lowest BCUT2D eigenvalue weighted by molar-refractivity contribution is -0.125. The van der Waals surface area contributed by atoms with Crippen LogP contribution in [0.25, 0.3) is 0 Å². The van der Waals surface area contributed by atoms with Crippen molar-refractivity contribution >= 4 is 5.91 Å². The van der Waals surface area contributed by atoms with E-state index in [0.29, 0.717) is 6.54 Å². The molecule has 1 N–H and O–H groups in total. The standard InChI is InChI=1S/C15H17N3O/c1-15(2,12-6-4-3-5-7-12)14(19)18-11-13-10-16-8-9-17-13/h3-10H,11H2,1-2H3,(H,18,19). The van der Waals surface area contributed by atoms with Crippen LogP contribution in [0.1, 0.15) is 25.1 Å². The van der Waals surface area contributed by atoms with E-state index in [1.54, 1.807) is 18.6 Å². The number of carbonyl (C=O) groups is 1. The van der Waals surface area contributed by atoms with Crippen molar-refractivity contribution in [2.24, 2.45) is 0 Å². The number of nitrogens with one attached hydrogen (secondary N) is 1. The van der Waals surface area contributed by atoms with Gasteiger partial charge in [-0.25, -0.2) is 0 Å². The molecule has 0 saturated heterocycles. The van der Waals surface area contributed by atoms with Crippen LogP contribution in [0.15, 0.2) is 48.9 Å². The minimum atomic E-state index is -0.566. The van der Waals surface area contributed by atoms with Gasteiger partial charge in [-0.2, -0.15) is 0 Å². The van der Waals surface area contributed by atoms with Gasteiger partial charge in [0.15, 0.2) is 0 Å². The van der Waals surface area contributed by atoms with E-state index in [-0.39, 0.29) is 5.91 Å². The molecule has 0 atom stereocenters. The predicted molar refractivity (Wildman–Crippen MR) is 73.3 cm³/mol. The Balaban J connectivity index is 2.03. The smallest absolute Gasteiger partial charge is 0.230 e. The Morgan fingerprint density at radius 3 is 2.58 bits per heavy atom. The molecule has 1 aromatic carbocycles. The summed E-state index contributed by atoms with van der Waals surface area (Å²) in [5, 5.41) is 2.90. The summed E-state index contributed by atoms with van der Waals surface area (Å²) in [7, 11) is 0. The number of rotatable bonds is 4. The second-order valence-corrected chi connectivity index (χ2v) is 4.87. The second-order valence-electron chi connectivity index (χ2n) is 4.87. The number of hydrogen-bond acceptors (Lipinski definition) is 3. The van der Waals surface area contributed by atoms with Gasteiger partial charge in [-0.1, -0.05) is 30.3 Å². The first-order valence-corrected chi connectivity index (χ1v) is 6.19. The van der Waals surface area contributed by atoms with Gasteiger partial charge in [-0.05, 0) is 19.4 Å². The minimum absolute atomic E-state index is 0.0237. The van der Waals surface area contributed by atoms with Gasteiger partial charge in [-0.15, -0.1) is 0 Å². The van der Waals surface area contributed by atoms with E-state index in [1.165, 1.54) is 0 Å². The lowest BCUT2D eigenvalue weighted by Crippen LogP contribution is -2.39. The molecule has 4 nitrogen and oxygen atoms in total. The van der Waals surface area contributed by atoms with E-state index in [2.05, 4.69) is 15.3 Å². The summed E-state index contributed by atoms with van der Waals surface area (Å²) in [6.45, 7) is 4.21. The molecule has 0 saturated carbocycles. The van der Waals surface area contributed by atoms with Gasteiger partial charge in [0, 0.05) is 12.4 Å². The largest absolute Gasteiger partial charge is 0.350 e. The van der Waals surface area contributed by atoms with E-state index in [9.17, 15) is 4.79 Å². The van der Waals surface area contributed by atoms with Crippen LogP contribution in [0.3, 0.4) is 0 Å². The van der Waals surface area contributed by atoms with Crippen LogP contribution in [-0.4, -0.2) is 15.9 Å². The van der Waals surface area contributed by atoms with E-state index in [1.807, 2.05) is 44.2 Å². The lowest BCUT2D eigenvalue weighted by atomic mass is 9.84. The summed E-state index contributed by atoms with van der Waals surface area (Å²) in [6, 6.07) is 9.74. The first kappa shape index (κ1) is 13.2. The van der Waals surface area contributed by atoms with E-state index >= 15 is 0 Å². The summed E-state index contributed by atoms with van der Waals surface area (Å²) in [4.78, 5) is 20.4. The van der Waals surface area contributed by atoms with Gasteiger partial charge in [0.25, 0.3) is 0 Å². The SMILES string of the molecule is CC(C)(C(=O)NCc1cnccn1)c1ccccc1. The van der Waals surface area contributed by atoms with E-state index in [0.717, 1.165) is 11.3 Å². The molecule has 1 aromatic heterocycles. The summed E-state index contributed by atoms with van der Waals surface area (Å²) in [6.07, 6.45) is 4.87. The maximum atomic E-state index is 12.3. The molecule has 4 heteroatoms. The van der Waals surface area contributed by atoms with Gasteiger partial charge in [-0.3, -0.25) is 14.8 Å². The van der Waals surface area contributed by atoms with Gasteiger partial charge in [0.1, 0.15) is 0 Å². The van der Waals surface area contributed by atoms with Crippen molar-refractivity contribution < 1.29 is 4.79 Å². The topological polar surface area (TPSA) is 54.9 Å². The Kier molecular flexibility index (Phi) is 3.90. The van der Waals surface area contributed by atoms with E-state index in [4.69, 9.17) is 0 Å². The average molecular weight is 255 g/mol. The highest BCUT2D eigenvalue weighted by Crippen LogP contribution is 2.22. The maximum absolute atomic E-state index is 12.3. The van der Waals surface area contributed by atoms with E-state index < -0.39 is 5.41 Å². The van der Waals surface area contributed by atoms with Crippen LogP contribution >= 0.6 is 0 Å². The molecule has 2 rings (SSSR count). The van der Waals surface area contributed by atoms with Crippen molar-refractivity contribution in [3.8, 4) is 0 Å². The zero-order chi connectivity index (χ0) is 13.7. The molecule has 0 radical (unpaired) electrons. The van der Waals surface area contributed by atoms with Crippen molar-refractivity contribution in [2.75, 3.05) is 0 Å². The van der Waals surface area contributed by atoms with Crippen LogP contribution < -0.4 is 5.32 Å². The quantitative estimate of drug-likeness (QED) is 0.910. The summed E-state index contributed by atoms with van der Waals surface area (Å²) in [5.74, 6) is -0.0237. The van der Waals surface area contributed by atoms with Crippen LogP contribution in [0, 0.1) is 0 Å². The highest BCUT2D eigenvalue weighted by Gasteiger charge is 2.29. The number of aromatic nitrogens is 2. The van der Waals surface area contributed by atoms with Crippen molar-refractivity contribution in [3.63, 3.8) is 0 Å². The second kappa shape index (κ2) is 5.61. The molecule has 2 aromatic rings. The Morgan fingerprint density at radius 2 is 1.95 bits per heavy atom. The molecule has 0 aliphatic heterocycles. The van der Waals surface area contributed by atoms with Crippen LogP contribution in [-0.2, 0) is 16.8 Å². The Bertz CT molecular complexity index is 538. The number of hydrogen-bond donors (Lipinski definition) is 1. The maximum Gasteiger partial charge on any atom is 0.230 e. The van der Waals surface area contributed by atoms with Crippen LogP contribution in [0.5, 0.6) is 0 Å². The number of benzene rings is 1. The summed E-state index contributed by atoms with van der Waals surface area (Å²) in [5.41, 5.74) is 1.18. The third kappa shape index (κ3) is 3.16. The number of carbonyl (C=O) groups excluding carboxylic acids is 1. The zero-order valence-electron chi connectivity index (χ0n) is 11.1. The molecule has 0 bridgehead atoms. The molecule has 0 aliphatic carbocycles. The molecular weight excluding hydrogens is 238 g/mol. The normalized spacial score (nSPS) is 11.1. The zero-order valence-corrected chi connectivity index (χ0v) is 11.1. The van der Waals surface area contributed by atoms with Crippen molar-refractivity contribution in [3.05, 3.63) is 60.2 Å². The number of nitrogens with zero attached hydrogens (tertiary/aromatic N) is 2. The minimum Gasteiger partial charge on any atom is -0.350 e. The first-order chi connectivity index (χ1) is 9.10. The average Bonchev–Trinajstić information content (AvgIpc) is 2.46. The fourth-order valence-corrected chi connectivity index (χ4v) is 1.80. The highest BCUT2D eigenvalue weighted by molar-refractivity contribution is 5.87. The molecule has 0 fully saturated rings. The Hall–Kier alpha value is -2.23. The van der Waals surface area contributed by atoms with Crippen molar-refractivity contribution in [1.29, 1.82) is 0 Å². The van der Waals surface area contributed by atoms with Crippen LogP contribution in [0.4, 0.5) is 0 Å².